The maximum Gasteiger partial charge on any atom is 0.216 e. The largest absolute Gasteiger partial charge is 0.493 e. The van der Waals surface area contributed by atoms with Crippen LogP contribution in [0.1, 0.15) is 49.4 Å². The van der Waals surface area contributed by atoms with Gasteiger partial charge in [-0.25, -0.2) is 0 Å². The molecule has 0 radical (unpaired) electrons. The quantitative estimate of drug-likeness (QED) is 0.560. The first-order chi connectivity index (χ1) is 12.1. The van der Waals surface area contributed by atoms with Gasteiger partial charge in [0.05, 0.1) is 24.9 Å². The van der Waals surface area contributed by atoms with E-state index in [9.17, 15) is 0 Å². The Morgan fingerprint density at radius 3 is 2.72 bits per heavy atom. The molecule has 2 aromatic rings. The lowest BCUT2D eigenvalue weighted by Gasteiger charge is -2.19. The monoisotopic (exact) mass is 424 g/mol. The molecule has 1 heterocycles. The Labute approximate surface area is 160 Å². The molecule has 0 amide bonds. The number of nitrogens with zero attached hydrogens (tertiary/aromatic N) is 3. The van der Waals surface area contributed by atoms with Gasteiger partial charge in [-0.3, -0.25) is 5.10 Å². The van der Waals surface area contributed by atoms with Crippen LogP contribution in [-0.2, 0) is 0 Å². The van der Waals surface area contributed by atoms with E-state index in [0.29, 0.717) is 22.2 Å². The average molecular weight is 425 g/mol. The van der Waals surface area contributed by atoms with E-state index in [1.807, 2.05) is 12.1 Å². The summed E-state index contributed by atoms with van der Waals surface area (Å²) in [4.78, 5) is 0. The molecule has 1 aromatic carbocycles. The van der Waals surface area contributed by atoms with Gasteiger partial charge in [0.1, 0.15) is 0 Å². The lowest BCUT2D eigenvalue weighted by Crippen LogP contribution is -2.10. The molecule has 0 aliphatic heterocycles. The molecule has 1 aliphatic carbocycles. The lowest BCUT2D eigenvalue weighted by molar-refractivity contribution is 0.353. The Kier molecular flexibility index (Phi) is 5.90. The minimum Gasteiger partial charge on any atom is -0.493 e. The number of hydrogen-bond acceptors (Lipinski definition) is 5. The maximum atomic E-state index is 5.37. The highest BCUT2D eigenvalue weighted by Crippen LogP contribution is 2.36. The van der Waals surface area contributed by atoms with Crippen LogP contribution >= 0.6 is 28.1 Å². The summed E-state index contributed by atoms with van der Waals surface area (Å²) in [5, 5.41) is 11.8. The van der Waals surface area contributed by atoms with E-state index >= 15 is 0 Å². The van der Waals surface area contributed by atoms with Crippen molar-refractivity contribution in [3.63, 3.8) is 0 Å². The van der Waals surface area contributed by atoms with Crippen molar-refractivity contribution in [2.45, 2.75) is 38.0 Å². The zero-order valence-corrected chi connectivity index (χ0v) is 16.7. The molecule has 0 atom stereocenters. The molecule has 0 saturated heterocycles. The molecule has 8 heteroatoms. The molecule has 0 unspecified atom stereocenters. The van der Waals surface area contributed by atoms with Gasteiger partial charge in [-0.2, -0.15) is 14.9 Å². The predicted molar refractivity (Wildman–Crippen MR) is 103 cm³/mol. The second-order valence-electron chi connectivity index (χ2n) is 6.02. The topological polar surface area (TPSA) is 64.4 Å². The molecular formula is C17H21BrN4O2S. The zero-order chi connectivity index (χ0) is 17.8. The summed E-state index contributed by atoms with van der Waals surface area (Å²) < 4.78 is 13.8. The first-order valence-electron chi connectivity index (χ1n) is 8.27. The molecule has 1 N–H and O–H groups in total. The van der Waals surface area contributed by atoms with Gasteiger partial charge in [-0.05, 0) is 58.7 Å². The molecule has 6 nitrogen and oxygen atoms in total. The van der Waals surface area contributed by atoms with Gasteiger partial charge in [0.2, 0.25) is 4.77 Å². The molecule has 1 fully saturated rings. The van der Waals surface area contributed by atoms with Crippen LogP contribution < -0.4 is 9.47 Å². The van der Waals surface area contributed by atoms with Crippen LogP contribution in [0.5, 0.6) is 11.5 Å². The molecule has 1 aromatic heterocycles. The Morgan fingerprint density at radius 2 is 2.04 bits per heavy atom. The highest BCUT2D eigenvalue weighted by molar-refractivity contribution is 9.10. The number of H-pyrrole nitrogens is 1. The summed E-state index contributed by atoms with van der Waals surface area (Å²) in [5.41, 5.74) is 0.877. The Bertz CT molecular complexity index is 825. The number of hydrogen-bond donors (Lipinski definition) is 1. The van der Waals surface area contributed by atoms with Gasteiger partial charge in [0.15, 0.2) is 17.3 Å². The van der Waals surface area contributed by atoms with Crippen LogP contribution in [0.25, 0.3) is 0 Å². The number of nitrogens with one attached hydrogen (secondary N) is 1. The molecule has 1 aliphatic rings. The summed E-state index contributed by atoms with van der Waals surface area (Å²) in [6, 6.07) is 3.80. The fraction of sp³-hybridized carbons (Fsp3) is 0.471. The third-order valence-corrected chi connectivity index (χ3v) is 5.28. The van der Waals surface area contributed by atoms with E-state index in [0.717, 1.165) is 28.7 Å². The third-order valence-electron chi connectivity index (χ3n) is 4.42. The zero-order valence-electron chi connectivity index (χ0n) is 14.3. The van der Waals surface area contributed by atoms with Crippen molar-refractivity contribution in [3.05, 3.63) is 32.8 Å². The predicted octanol–water partition coefficient (Wildman–Crippen LogP) is 4.65. The summed E-state index contributed by atoms with van der Waals surface area (Å²) in [5.74, 6) is 2.63. The van der Waals surface area contributed by atoms with E-state index in [1.165, 1.54) is 19.3 Å². The Balaban J connectivity index is 1.91. The minimum atomic E-state index is 0.413. The average Bonchev–Trinajstić information content (AvgIpc) is 3.00. The van der Waals surface area contributed by atoms with Gasteiger partial charge >= 0.3 is 0 Å². The van der Waals surface area contributed by atoms with Crippen LogP contribution in [0.4, 0.5) is 0 Å². The van der Waals surface area contributed by atoms with Gasteiger partial charge in [-0.1, -0.05) is 19.3 Å². The Hall–Kier alpha value is -1.67. The third kappa shape index (κ3) is 3.95. The summed E-state index contributed by atoms with van der Waals surface area (Å²) in [6.07, 6.45) is 7.79. The van der Waals surface area contributed by atoms with E-state index in [2.05, 4.69) is 31.2 Å². The second-order valence-corrected chi connectivity index (χ2v) is 7.26. The van der Waals surface area contributed by atoms with Crippen molar-refractivity contribution in [3.8, 4) is 11.5 Å². The van der Waals surface area contributed by atoms with Crippen molar-refractivity contribution in [1.82, 2.24) is 14.9 Å². The first kappa shape index (κ1) is 18.1. The summed E-state index contributed by atoms with van der Waals surface area (Å²) in [6.45, 7) is 0. The molecular weight excluding hydrogens is 404 g/mol. The Morgan fingerprint density at radius 1 is 1.28 bits per heavy atom. The number of aromatic amines is 1. The summed E-state index contributed by atoms with van der Waals surface area (Å²) in [7, 11) is 3.22. The second kappa shape index (κ2) is 8.14. The van der Waals surface area contributed by atoms with Crippen molar-refractivity contribution < 1.29 is 9.47 Å². The van der Waals surface area contributed by atoms with Gasteiger partial charge in [0.25, 0.3) is 0 Å². The lowest BCUT2D eigenvalue weighted by atomic mass is 9.89. The first-order valence-corrected chi connectivity index (χ1v) is 9.47. The van der Waals surface area contributed by atoms with Gasteiger partial charge in [0, 0.05) is 5.92 Å². The van der Waals surface area contributed by atoms with Crippen molar-refractivity contribution in [1.29, 1.82) is 0 Å². The van der Waals surface area contributed by atoms with E-state index in [1.54, 1.807) is 25.1 Å². The van der Waals surface area contributed by atoms with E-state index in [-0.39, 0.29) is 0 Å². The van der Waals surface area contributed by atoms with Crippen LogP contribution in [0.3, 0.4) is 0 Å². The molecule has 134 valence electrons. The normalized spacial score (nSPS) is 15.6. The fourth-order valence-corrected chi connectivity index (χ4v) is 3.99. The summed E-state index contributed by atoms with van der Waals surface area (Å²) >= 11 is 8.85. The molecule has 0 spiro atoms. The molecule has 1 saturated carbocycles. The standard InChI is InChI=1S/C17H21BrN4O2S/c1-23-14-9-11(8-13(18)15(14)24-2)10-19-22-16(20-21-17(22)25)12-6-4-3-5-7-12/h8-10,12H,3-7H2,1-2H3,(H,21,25)/b19-10-. The van der Waals surface area contributed by atoms with Gasteiger partial charge in [-0.15, -0.1) is 0 Å². The fourth-order valence-electron chi connectivity index (χ4n) is 3.18. The number of methoxy groups -OCH3 is 2. The SMILES string of the molecule is COc1cc(/C=N\n2c(C3CCCCC3)n[nH]c2=S)cc(Br)c1OC. The highest BCUT2D eigenvalue weighted by atomic mass is 79.9. The number of ether oxygens (including phenoxy) is 2. The molecule has 0 bridgehead atoms. The van der Waals surface area contributed by atoms with E-state index in [4.69, 9.17) is 21.7 Å². The number of rotatable bonds is 5. The van der Waals surface area contributed by atoms with Crippen LogP contribution in [0.15, 0.2) is 21.7 Å². The molecule has 3 rings (SSSR count). The highest BCUT2D eigenvalue weighted by Gasteiger charge is 2.21. The van der Waals surface area contributed by atoms with Crippen LogP contribution in [0, 0.1) is 4.77 Å². The van der Waals surface area contributed by atoms with Crippen LogP contribution in [-0.4, -0.2) is 35.3 Å². The number of halogens is 1. The maximum absolute atomic E-state index is 5.37. The number of benzene rings is 1. The van der Waals surface area contributed by atoms with Crippen molar-refractivity contribution >= 4 is 34.4 Å². The van der Waals surface area contributed by atoms with Crippen LogP contribution in [0.2, 0.25) is 0 Å². The number of aromatic nitrogens is 3. The van der Waals surface area contributed by atoms with E-state index < -0.39 is 0 Å². The smallest absolute Gasteiger partial charge is 0.216 e. The van der Waals surface area contributed by atoms with Crippen molar-refractivity contribution in [2.24, 2.45) is 5.10 Å². The molecule has 25 heavy (non-hydrogen) atoms. The van der Waals surface area contributed by atoms with Gasteiger partial charge < -0.3 is 9.47 Å². The van der Waals surface area contributed by atoms with Crippen molar-refractivity contribution in [2.75, 3.05) is 14.2 Å². The minimum absolute atomic E-state index is 0.413.